The lowest BCUT2D eigenvalue weighted by atomic mass is 9.59. The van der Waals surface area contributed by atoms with Gasteiger partial charge in [-0.15, -0.1) is 0 Å². The Morgan fingerprint density at radius 2 is 1.73 bits per heavy atom. The Balaban J connectivity index is 1.24. The average molecular weight is 749 g/mol. The molecule has 246 valence electrons. The van der Waals surface area contributed by atoms with Gasteiger partial charge in [-0.1, -0.05) is 57.3 Å². The Bertz CT molecular complexity index is 1900. The number of hydrogen-bond donors (Lipinski definition) is 3. The van der Waals surface area contributed by atoms with Gasteiger partial charge >= 0.3 is 0 Å². The smallest absolute Gasteiger partial charge is 0.251 e. The van der Waals surface area contributed by atoms with Crippen LogP contribution in [0.4, 0.5) is 5.69 Å². The average Bonchev–Trinajstić information content (AvgIpc) is 3.69. The standard InChI is InChI=1S/C37H33BrCl2N4O4/c38-24-8-13-32(48-27-10-6-22(7-11-27)35(46)41-14-17-44-15-1-2-16-44)28(19-24)34-37(29-12-9-26(40)20-31(29)42-36(37)47)30(21-33(45)43-34)23-4-3-5-25(39)18-23/h3-13,18-20,30,34H,1-2,14-17,21H2,(H,41,46)(H,42,47)(H,43,45)/t30-,34+,37-/m0/s1. The molecule has 4 aromatic rings. The van der Waals surface area contributed by atoms with E-state index in [1.54, 1.807) is 48.5 Å². The molecule has 0 unspecified atom stereocenters. The molecule has 3 aliphatic rings. The molecule has 8 nitrogen and oxygen atoms in total. The summed E-state index contributed by atoms with van der Waals surface area (Å²) in [4.78, 5) is 43.2. The zero-order valence-electron chi connectivity index (χ0n) is 25.9. The third-order valence-electron chi connectivity index (χ3n) is 9.54. The van der Waals surface area contributed by atoms with E-state index in [1.165, 1.54) is 12.8 Å². The largest absolute Gasteiger partial charge is 0.457 e. The molecule has 2 saturated heterocycles. The highest BCUT2D eigenvalue weighted by Crippen LogP contribution is 2.58. The number of carbonyl (C=O) groups excluding carboxylic acids is 3. The predicted molar refractivity (Wildman–Crippen MR) is 190 cm³/mol. The molecular weight excluding hydrogens is 715 g/mol. The van der Waals surface area contributed by atoms with Crippen LogP contribution < -0.4 is 20.7 Å². The van der Waals surface area contributed by atoms with Crippen molar-refractivity contribution in [3.8, 4) is 11.5 Å². The fourth-order valence-corrected chi connectivity index (χ4v) is 8.09. The quantitative estimate of drug-likeness (QED) is 0.172. The van der Waals surface area contributed by atoms with Crippen LogP contribution in [0.2, 0.25) is 10.0 Å². The first kappa shape index (κ1) is 32.6. The molecule has 3 N–H and O–H groups in total. The molecule has 0 aromatic heterocycles. The van der Waals surface area contributed by atoms with E-state index in [0.29, 0.717) is 44.9 Å². The van der Waals surface area contributed by atoms with Crippen molar-refractivity contribution in [2.45, 2.75) is 36.6 Å². The van der Waals surface area contributed by atoms with Gasteiger partial charge in [-0.25, -0.2) is 0 Å². The van der Waals surface area contributed by atoms with Crippen LogP contribution in [-0.4, -0.2) is 48.8 Å². The topological polar surface area (TPSA) is 99.8 Å². The highest BCUT2D eigenvalue weighted by Gasteiger charge is 2.61. The Morgan fingerprint density at radius 3 is 2.50 bits per heavy atom. The van der Waals surface area contributed by atoms with Crippen molar-refractivity contribution >= 4 is 62.5 Å². The molecule has 2 fully saturated rings. The summed E-state index contributed by atoms with van der Waals surface area (Å²) in [5, 5.41) is 10.2. The maximum absolute atomic E-state index is 14.5. The Morgan fingerprint density at radius 1 is 0.958 bits per heavy atom. The first-order chi connectivity index (χ1) is 23.2. The van der Waals surface area contributed by atoms with Gasteiger partial charge in [0.15, 0.2) is 0 Å². The minimum atomic E-state index is -1.27. The van der Waals surface area contributed by atoms with E-state index < -0.39 is 17.4 Å². The number of amides is 3. The van der Waals surface area contributed by atoms with Gasteiger partial charge in [0.05, 0.1) is 6.04 Å². The van der Waals surface area contributed by atoms with Crippen LogP contribution in [0, 0.1) is 0 Å². The molecule has 3 aliphatic heterocycles. The van der Waals surface area contributed by atoms with Crippen LogP contribution in [0.15, 0.2) is 89.4 Å². The van der Waals surface area contributed by atoms with Crippen molar-refractivity contribution in [2.75, 3.05) is 31.5 Å². The van der Waals surface area contributed by atoms with Crippen LogP contribution in [0.3, 0.4) is 0 Å². The summed E-state index contributed by atoms with van der Waals surface area (Å²) in [5.41, 5.74) is 1.94. The molecule has 3 amide bonds. The third kappa shape index (κ3) is 6.20. The van der Waals surface area contributed by atoms with Crippen molar-refractivity contribution in [3.63, 3.8) is 0 Å². The lowest BCUT2D eigenvalue weighted by Crippen LogP contribution is -2.56. The normalized spacial score (nSPS) is 21.9. The summed E-state index contributed by atoms with van der Waals surface area (Å²) in [6.45, 7) is 3.59. The monoisotopic (exact) mass is 746 g/mol. The lowest BCUT2D eigenvalue weighted by molar-refractivity contribution is -0.131. The van der Waals surface area contributed by atoms with E-state index in [9.17, 15) is 14.4 Å². The summed E-state index contributed by atoms with van der Waals surface area (Å²) in [6, 6.07) is 24.3. The number of benzene rings is 4. The van der Waals surface area contributed by atoms with Crippen LogP contribution >= 0.6 is 39.1 Å². The summed E-state index contributed by atoms with van der Waals surface area (Å²) in [5.74, 6) is -0.231. The predicted octanol–water partition coefficient (Wildman–Crippen LogP) is 7.61. The molecule has 1 spiro atoms. The van der Waals surface area contributed by atoms with E-state index >= 15 is 0 Å². The number of nitrogens with one attached hydrogen (secondary N) is 3. The fraction of sp³-hybridized carbons (Fsp3) is 0.270. The van der Waals surface area contributed by atoms with E-state index in [0.717, 1.165) is 35.2 Å². The number of halogens is 3. The van der Waals surface area contributed by atoms with Crippen molar-refractivity contribution in [2.24, 2.45) is 0 Å². The molecule has 0 bridgehead atoms. The number of likely N-dealkylation sites (tertiary alicyclic amines) is 1. The molecule has 0 radical (unpaired) electrons. The Kier molecular flexibility index (Phi) is 9.22. The fourth-order valence-electron chi connectivity index (χ4n) is 7.34. The van der Waals surface area contributed by atoms with Crippen molar-refractivity contribution < 1.29 is 19.1 Å². The third-order valence-corrected chi connectivity index (χ3v) is 10.5. The van der Waals surface area contributed by atoms with Crippen LogP contribution in [0.25, 0.3) is 0 Å². The number of carbonyl (C=O) groups is 3. The van der Waals surface area contributed by atoms with Gasteiger partial charge in [0.2, 0.25) is 11.8 Å². The highest BCUT2D eigenvalue weighted by atomic mass is 79.9. The van der Waals surface area contributed by atoms with Gasteiger partial charge in [0.25, 0.3) is 5.91 Å². The zero-order chi connectivity index (χ0) is 33.4. The molecular formula is C37H33BrCl2N4O4. The minimum absolute atomic E-state index is 0.0675. The minimum Gasteiger partial charge on any atom is -0.457 e. The summed E-state index contributed by atoms with van der Waals surface area (Å²) < 4.78 is 7.20. The van der Waals surface area contributed by atoms with Crippen LogP contribution in [0.1, 0.15) is 58.3 Å². The van der Waals surface area contributed by atoms with E-state index in [-0.39, 0.29) is 24.1 Å². The lowest BCUT2D eigenvalue weighted by Gasteiger charge is -2.46. The molecule has 3 atom stereocenters. The molecule has 3 heterocycles. The van der Waals surface area contributed by atoms with Crippen molar-refractivity contribution in [3.05, 3.63) is 122 Å². The highest BCUT2D eigenvalue weighted by molar-refractivity contribution is 9.10. The van der Waals surface area contributed by atoms with Gasteiger partial charge in [-0.2, -0.15) is 0 Å². The number of fused-ring (bicyclic) bond motifs is 2. The Labute approximate surface area is 297 Å². The van der Waals surface area contributed by atoms with Crippen LogP contribution in [-0.2, 0) is 15.0 Å². The van der Waals surface area contributed by atoms with Gasteiger partial charge in [0.1, 0.15) is 16.9 Å². The number of piperidine rings is 1. The maximum atomic E-state index is 14.5. The van der Waals surface area contributed by atoms with Crippen LogP contribution in [0.5, 0.6) is 11.5 Å². The summed E-state index contributed by atoms with van der Waals surface area (Å²) >= 11 is 16.4. The second-order valence-corrected chi connectivity index (χ2v) is 14.2. The molecule has 7 rings (SSSR count). The number of hydrogen-bond acceptors (Lipinski definition) is 5. The summed E-state index contributed by atoms with van der Waals surface area (Å²) in [6.07, 6.45) is 2.49. The van der Waals surface area contributed by atoms with Gasteiger partial charge < -0.3 is 25.6 Å². The first-order valence-corrected chi connectivity index (χ1v) is 17.5. The van der Waals surface area contributed by atoms with Gasteiger partial charge in [0, 0.05) is 56.8 Å². The number of nitrogens with zero attached hydrogens (tertiary/aromatic N) is 1. The second kappa shape index (κ2) is 13.6. The van der Waals surface area contributed by atoms with Crippen molar-refractivity contribution in [1.82, 2.24) is 15.5 Å². The molecule has 11 heteroatoms. The SMILES string of the molecule is O=C1C[C@@H](c2cccc(Cl)c2)[C@]2(C(=O)Nc3cc(Cl)ccc32)[C@@H](c2cc(Br)ccc2Oc2ccc(C(=O)NCCN3CCCC3)cc2)N1. The Hall–Kier alpha value is -3.89. The number of ether oxygens (including phenoxy) is 1. The van der Waals surface area contributed by atoms with E-state index in [2.05, 4.69) is 36.8 Å². The molecule has 4 aromatic carbocycles. The summed E-state index contributed by atoms with van der Waals surface area (Å²) in [7, 11) is 0. The zero-order valence-corrected chi connectivity index (χ0v) is 29.0. The second-order valence-electron chi connectivity index (χ2n) is 12.4. The van der Waals surface area contributed by atoms with Gasteiger partial charge in [-0.3, -0.25) is 14.4 Å². The number of rotatable bonds is 8. The number of anilines is 1. The van der Waals surface area contributed by atoms with E-state index in [1.807, 2.05) is 36.4 Å². The van der Waals surface area contributed by atoms with Crippen molar-refractivity contribution in [1.29, 1.82) is 0 Å². The first-order valence-electron chi connectivity index (χ1n) is 16.0. The van der Waals surface area contributed by atoms with E-state index in [4.69, 9.17) is 27.9 Å². The maximum Gasteiger partial charge on any atom is 0.251 e. The van der Waals surface area contributed by atoms with Gasteiger partial charge in [-0.05, 0) is 104 Å². The molecule has 0 saturated carbocycles. The molecule has 48 heavy (non-hydrogen) atoms. The molecule has 0 aliphatic carbocycles.